The van der Waals surface area contributed by atoms with Crippen molar-refractivity contribution in [2.24, 2.45) is 5.41 Å². The Labute approximate surface area is 172 Å². The van der Waals surface area contributed by atoms with E-state index in [0.717, 1.165) is 22.2 Å². The summed E-state index contributed by atoms with van der Waals surface area (Å²) in [5.41, 5.74) is 3.29. The Kier molecular flexibility index (Phi) is 4.53. The number of allylic oxidation sites excluding steroid dienone is 3. The molecule has 0 saturated carbocycles. The van der Waals surface area contributed by atoms with Crippen LogP contribution >= 0.6 is 15.9 Å². The molecule has 0 fully saturated rings. The van der Waals surface area contributed by atoms with Crippen LogP contribution in [0.3, 0.4) is 0 Å². The Bertz CT molecular complexity index is 960. The third-order valence-electron chi connectivity index (χ3n) is 5.45. The lowest BCUT2D eigenvalue weighted by atomic mass is 9.68. The van der Waals surface area contributed by atoms with Crippen LogP contribution in [0.1, 0.15) is 45.1 Å². The molecule has 0 unspecified atom stereocenters. The van der Waals surface area contributed by atoms with E-state index in [0.29, 0.717) is 34.8 Å². The highest BCUT2D eigenvalue weighted by Crippen LogP contribution is 2.50. The van der Waals surface area contributed by atoms with E-state index >= 15 is 0 Å². The number of nitrogens with one attached hydrogen (secondary N) is 1. The fourth-order valence-corrected chi connectivity index (χ4v) is 4.83. The molecule has 148 valence electrons. The van der Waals surface area contributed by atoms with Gasteiger partial charge in [-0.1, -0.05) is 29.8 Å². The number of ketones is 1. The molecule has 0 radical (unpaired) electrons. The van der Waals surface area contributed by atoms with Gasteiger partial charge in [0.05, 0.1) is 12.7 Å². The van der Waals surface area contributed by atoms with Gasteiger partial charge < -0.3 is 19.5 Å². The van der Waals surface area contributed by atoms with Crippen LogP contribution in [0.25, 0.3) is 0 Å². The van der Waals surface area contributed by atoms with E-state index in [1.165, 1.54) is 7.11 Å². The number of methoxy groups -OCH3 is 1. The molecule has 0 amide bonds. The Morgan fingerprint density at radius 1 is 1.25 bits per heavy atom. The Balaban J connectivity index is 1.94. The molecular formula is C21H22BrNO5. The van der Waals surface area contributed by atoms with Gasteiger partial charge in [0, 0.05) is 33.8 Å². The second kappa shape index (κ2) is 6.65. The fourth-order valence-electron chi connectivity index (χ4n) is 4.28. The third kappa shape index (κ3) is 3.02. The average Bonchev–Trinajstić information content (AvgIpc) is 3.05. The lowest BCUT2D eigenvalue weighted by molar-refractivity contribution is -0.136. The van der Waals surface area contributed by atoms with Crippen LogP contribution in [0, 0.1) is 5.41 Å². The molecule has 1 aromatic rings. The van der Waals surface area contributed by atoms with Crippen LogP contribution in [-0.4, -0.2) is 25.7 Å². The van der Waals surface area contributed by atoms with Crippen LogP contribution in [0.2, 0.25) is 0 Å². The van der Waals surface area contributed by atoms with E-state index in [1.54, 1.807) is 0 Å². The van der Waals surface area contributed by atoms with Gasteiger partial charge in [-0.3, -0.25) is 4.79 Å². The van der Waals surface area contributed by atoms with Gasteiger partial charge in [0.2, 0.25) is 6.79 Å². The molecule has 0 aromatic heterocycles. The molecule has 2 heterocycles. The molecule has 1 N–H and O–H groups in total. The molecule has 0 spiro atoms. The van der Waals surface area contributed by atoms with Gasteiger partial charge in [-0.25, -0.2) is 4.79 Å². The number of rotatable bonds is 2. The van der Waals surface area contributed by atoms with Crippen molar-refractivity contribution in [3.05, 3.63) is 44.7 Å². The summed E-state index contributed by atoms with van der Waals surface area (Å²) in [7, 11) is 1.35. The lowest BCUT2D eigenvalue weighted by Gasteiger charge is -2.39. The van der Waals surface area contributed by atoms with E-state index in [2.05, 4.69) is 35.1 Å². The van der Waals surface area contributed by atoms with Crippen molar-refractivity contribution in [3.63, 3.8) is 0 Å². The fraction of sp³-hybridized carbons (Fsp3) is 0.429. The molecule has 0 saturated heterocycles. The molecule has 0 bridgehead atoms. The normalized spacial score (nSPS) is 22.8. The highest BCUT2D eigenvalue weighted by atomic mass is 79.9. The molecule has 1 aromatic carbocycles. The molecule has 3 aliphatic rings. The number of hydrogen-bond donors (Lipinski definition) is 1. The maximum Gasteiger partial charge on any atom is 0.336 e. The van der Waals surface area contributed by atoms with Crippen molar-refractivity contribution >= 4 is 27.7 Å². The summed E-state index contributed by atoms with van der Waals surface area (Å²) in [6, 6.07) is 3.66. The maximum atomic E-state index is 13.2. The Morgan fingerprint density at radius 3 is 2.61 bits per heavy atom. The van der Waals surface area contributed by atoms with Crippen LogP contribution in [-0.2, 0) is 14.3 Å². The van der Waals surface area contributed by atoms with E-state index in [9.17, 15) is 9.59 Å². The van der Waals surface area contributed by atoms with Gasteiger partial charge in [-0.15, -0.1) is 0 Å². The first-order chi connectivity index (χ1) is 13.2. The molecule has 4 rings (SSSR count). The minimum absolute atomic E-state index is 0.0437. The van der Waals surface area contributed by atoms with Crippen LogP contribution in [0.15, 0.2) is 39.1 Å². The number of halogens is 1. The molecule has 7 heteroatoms. The molecule has 6 nitrogen and oxygen atoms in total. The standard InChI is InChI=1S/C21H22BrNO5/c1-10-17(20(25)26-4)18(11-5-15-16(6-12(11)22)28-9-27-15)19-13(23-10)7-21(2,3)8-14(19)24/h5-6,18,23H,7-9H2,1-4H3/t18-/m1/s1. The Hall–Kier alpha value is -2.28. The summed E-state index contributed by atoms with van der Waals surface area (Å²) in [5, 5.41) is 3.31. The zero-order valence-corrected chi connectivity index (χ0v) is 17.9. The zero-order chi connectivity index (χ0) is 20.2. The van der Waals surface area contributed by atoms with Crippen molar-refractivity contribution in [1.82, 2.24) is 5.32 Å². The highest BCUT2D eigenvalue weighted by molar-refractivity contribution is 9.10. The number of ether oxygens (including phenoxy) is 3. The molecule has 1 aliphatic carbocycles. The molecule has 2 aliphatic heterocycles. The first-order valence-electron chi connectivity index (χ1n) is 9.13. The van der Waals surface area contributed by atoms with Gasteiger partial charge in [0.1, 0.15) is 0 Å². The summed E-state index contributed by atoms with van der Waals surface area (Å²) in [6.07, 6.45) is 1.16. The van der Waals surface area contributed by atoms with E-state index in [4.69, 9.17) is 14.2 Å². The minimum atomic E-state index is -0.531. The summed E-state index contributed by atoms with van der Waals surface area (Å²) in [6.45, 7) is 6.15. The summed E-state index contributed by atoms with van der Waals surface area (Å²) in [4.78, 5) is 25.9. The number of dihydropyridines is 1. The van der Waals surface area contributed by atoms with Crippen molar-refractivity contribution in [2.45, 2.75) is 39.5 Å². The average molecular weight is 448 g/mol. The third-order valence-corrected chi connectivity index (χ3v) is 6.13. The number of Topliss-reactive ketones (excluding diaryl/α,β-unsaturated/α-hetero) is 1. The van der Waals surface area contributed by atoms with Crippen LogP contribution in [0.4, 0.5) is 0 Å². The zero-order valence-electron chi connectivity index (χ0n) is 16.3. The van der Waals surface area contributed by atoms with Crippen LogP contribution < -0.4 is 14.8 Å². The first kappa shape index (κ1) is 19.1. The van der Waals surface area contributed by atoms with E-state index < -0.39 is 11.9 Å². The predicted octanol–water partition coefficient (Wildman–Crippen LogP) is 3.95. The van der Waals surface area contributed by atoms with E-state index in [-0.39, 0.29) is 18.0 Å². The second-order valence-corrected chi connectivity index (χ2v) is 9.00. The smallest absolute Gasteiger partial charge is 0.336 e. The van der Waals surface area contributed by atoms with Crippen LogP contribution in [0.5, 0.6) is 11.5 Å². The van der Waals surface area contributed by atoms with Gasteiger partial charge in [-0.05, 0) is 36.5 Å². The molecular weight excluding hydrogens is 426 g/mol. The number of carbonyl (C=O) groups is 2. The van der Waals surface area contributed by atoms with Crippen molar-refractivity contribution in [2.75, 3.05) is 13.9 Å². The summed E-state index contributed by atoms with van der Waals surface area (Å²) in [5.74, 6) is 0.293. The topological polar surface area (TPSA) is 73.9 Å². The van der Waals surface area contributed by atoms with Gasteiger partial charge in [0.15, 0.2) is 17.3 Å². The highest BCUT2D eigenvalue weighted by Gasteiger charge is 2.44. The summed E-state index contributed by atoms with van der Waals surface area (Å²) < 4.78 is 16.8. The molecule has 1 atom stereocenters. The minimum Gasteiger partial charge on any atom is -0.466 e. The van der Waals surface area contributed by atoms with Crippen molar-refractivity contribution in [1.29, 1.82) is 0 Å². The van der Waals surface area contributed by atoms with E-state index in [1.807, 2.05) is 19.1 Å². The number of esters is 1. The number of fused-ring (bicyclic) bond motifs is 1. The lowest BCUT2D eigenvalue weighted by Crippen LogP contribution is -2.38. The molecule has 28 heavy (non-hydrogen) atoms. The SMILES string of the molecule is COC(=O)C1=C(C)NC2=C(C(=O)CC(C)(C)C2)[C@@H]1c1cc2c(cc1Br)OCO2. The maximum absolute atomic E-state index is 13.2. The van der Waals surface area contributed by atoms with Crippen molar-refractivity contribution in [3.8, 4) is 11.5 Å². The largest absolute Gasteiger partial charge is 0.466 e. The monoisotopic (exact) mass is 447 g/mol. The quantitative estimate of drug-likeness (QED) is 0.691. The summed E-state index contributed by atoms with van der Waals surface area (Å²) >= 11 is 3.60. The van der Waals surface area contributed by atoms with Gasteiger partial charge in [0.25, 0.3) is 0 Å². The van der Waals surface area contributed by atoms with Gasteiger partial charge >= 0.3 is 5.97 Å². The predicted molar refractivity (Wildman–Crippen MR) is 106 cm³/mol. The number of benzene rings is 1. The van der Waals surface area contributed by atoms with Gasteiger partial charge in [-0.2, -0.15) is 0 Å². The second-order valence-electron chi connectivity index (χ2n) is 8.15. The Morgan fingerprint density at radius 2 is 1.93 bits per heavy atom. The number of carbonyl (C=O) groups excluding carboxylic acids is 2. The van der Waals surface area contributed by atoms with Crippen molar-refractivity contribution < 1.29 is 23.8 Å². The number of hydrogen-bond acceptors (Lipinski definition) is 6. The first-order valence-corrected chi connectivity index (χ1v) is 9.92.